The van der Waals surface area contributed by atoms with Crippen LogP contribution in [0.3, 0.4) is 0 Å². The number of amides is 2. The maximum absolute atomic E-state index is 11.9. The first kappa shape index (κ1) is 15.4. The lowest BCUT2D eigenvalue weighted by molar-refractivity contribution is 0.101. The van der Waals surface area contributed by atoms with E-state index in [0.29, 0.717) is 22.0 Å². The second-order valence-corrected chi connectivity index (χ2v) is 5.10. The zero-order valence-electron chi connectivity index (χ0n) is 11.1. The Morgan fingerprint density at radius 3 is 2.43 bits per heavy atom. The Balaban J connectivity index is 2.10. The van der Waals surface area contributed by atoms with Gasteiger partial charge < -0.3 is 10.6 Å². The van der Waals surface area contributed by atoms with Crippen LogP contribution in [0.1, 0.15) is 17.3 Å². The third-order valence-corrected chi connectivity index (χ3v) is 3.55. The molecule has 0 atom stereocenters. The Hall–Kier alpha value is -2.04. The first-order valence-electron chi connectivity index (χ1n) is 6.10. The van der Waals surface area contributed by atoms with Gasteiger partial charge in [0.15, 0.2) is 5.78 Å². The molecule has 0 saturated carbocycles. The van der Waals surface area contributed by atoms with Crippen LogP contribution in [-0.4, -0.2) is 11.8 Å². The van der Waals surface area contributed by atoms with Crippen molar-refractivity contribution in [1.82, 2.24) is 0 Å². The van der Waals surface area contributed by atoms with Crippen LogP contribution >= 0.6 is 23.2 Å². The number of anilines is 2. The summed E-state index contributed by atoms with van der Waals surface area (Å²) in [7, 11) is 0. The van der Waals surface area contributed by atoms with Gasteiger partial charge >= 0.3 is 6.03 Å². The maximum Gasteiger partial charge on any atom is 0.323 e. The van der Waals surface area contributed by atoms with Gasteiger partial charge in [0.05, 0.1) is 15.7 Å². The lowest BCUT2D eigenvalue weighted by Crippen LogP contribution is -2.19. The van der Waals surface area contributed by atoms with Crippen molar-refractivity contribution in [3.8, 4) is 0 Å². The number of Topliss-reactive ketones (excluding diaryl/α,β-unsaturated/α-hetero) is 1. The normalized spacial score (nSPS) is 10.0. The molecule has 0 aromatic heterocycles. The largest absolute Gasteiger partial charge is 0.323 e. The highest BCUT2D eigenvalue weighted by Crippen LogP contribution is 2.29. The van der Waals surface area contributed by atoms with Gasteiger partial charge in [0, 0.05) is 11.3 Å². The van der Waals surface area contributed by atoms with Crippen LogP contribution in [0.25, 0.3) is 0 Å². The molecule has 0 unspecified atom stereocenters. The van der Waals surface area contributed by atoms with Crippen molar-refractivity contribution < 1.29 is 9.59 Å². The number of halogens is 2. The summed E-state index contributed by atoms with van der Waals surface area (Å²) in [6, 6.07) is 11.1. The van der Waals surface area contributed by atoms with Crippen LogP contribution in [0.4, 0.5) is 16.2 Å². The van der Waals surface area contributed by atoms with E-state index < -0.39 is 6.03 Å². The van der Waals surface area contributed by atoms with Crippen molar-refractivity contribution in [1.29, 1.82) is 0 Å². The SMILES string of the molecule is CC(=O)c1cccc(NC(=O)Nc2cccc(Cl)c2Cl)c1. The number of urea groups is 1. The number of ketones is 1. The predicted molar refractivity (Wildman–Crippen MR) is 85.5 cm³/mol. The van der Waals surface area contributed by atoms with Crippen LogP contribution in [0.15, 0.2) is 42.5 Å². The van der Waals surface area contributed by atoms with Gasteiger partial charge in [-0.2, -0.15) is 0 Å². The molecule has 0 spiro atoms. The summed E-state index contributed by atoms with van der Waals surface area (Å²) >= 11 is 11.9. The highest BCUT2D eigenvalue weighted by Gasteiger charge is 2.09. The number of nitrogens with one attached hydrogen (secondary N) is 2. The number of carbonyl (C=O) groups is 2. The van der Waals surface area contributed by atoms with E-state index in [0.717, 1.165) is 0 Å². The number of hydrogen-bond donors (Lipinski definition) is 2. The summed E-state index contributed by atoms with van der Waals surface area (Å²) in [6.07, 6.45) is 0. The van der Waals surface area contributed by atoms with Gasteiger partial charge in [-0.25, -0.2) is 4.79 Å². The Morgan fingerprint density at radius 1 is 1.00 bits per heavy atom. The second kappa shape index (κ2) is 6.61. The molecule has 108 valence electrons. The van der Waals surface area contributed by atoms with E-state index in [1.165, 1.54) is 6.92 Å². The van der Waals surface area contributed by atoms with Gasteiger partial charge in [-0.3, -0.25) is 4.79 Å². The molecule has 0 fully saturated rings. The molecule has 0 aliphatic heterocycles. The fourth-order valence-corrected chi connectivity index (χ4v) is 2.05. The monoisotopic (exact) mass is 322 g/mol. The molecule has 21 heavy (non-hydrogen) atoms. The Labute approximate surface area is 132 Å². The summed E-state index contributed by atoms with van der Waals surface area (Å²) in [5, 5.41) is 5.85. The lowest BCUT2D eigenvalue weighted by Gasteiger charge is -2.10. The molecule has 0 heterocycles. The van der Waals surface area contributed by atoms with Crippen molar-refractivity contribution in [3.05, 3.63) is 58.1 Å². The molecule has 2 amide bonds. The highest BCUT2D eigenvalue weighted by molar-refractivity contribution is 6.44. The average Bonchev–Trinajstić information content (AvgIpc) is 2.44. The summed E-state index contributed by atoms with van der Waals surface area (Å²) in [5.74, 6) is -0.0723. The fourth-order valence-electron chi connectivity index (χ4n) is 1.70. The Morgan fingerprint density at radius 2 is 1.71 bits per heavy atom. The van der Waals surface area contributed by atoms with E-state index in [4.69, 9.17) is 23.2 Å². The van der Waals surface area contributed by atoms with Crippen molar-refractivity contribution in [2.24, 2.45) is 0 Å². The van der Waals surface area contributed by atoms with Crippen molar-refractivity contribution in [3.63, 3.8) is 0 Å². The van der Waals surface area contributed by atoms with Crippen molar-refractivity contribution in [2.75, 3.05) is 10.6 Å². The van der Waals surface area contributed by atoms with Gasteiger partial charge in [-0.1, -0.05) is 41.4 Å². The third kappa shape index (κ3) is 3.97. The fraction of sp³-hybridized carbons (Fsp3) is 0.0667. The van der Waals surface area contributed by atoms with E-state index in [1.54, 1.807) is 42.5 Å². The molecular weight excluding hydrogens is 311 g/mol. The van der Waals surface area contributed by atoms with E-state index >= 15 is 0 Å². The van der Waals surface area contributed by atoms with Crippen LogP contribution in [-0.2, 0) is 0 Å². The molecule has 6 heteroatoms. The second-order valence-electron chi connectivity index (χ2n) is 4.32. The van der Waals surface area contributed by atoms with Crippen molar-refractivity contribution in [2.45, 2.75) is 6.92 Å². The number of rotatable bonds is 3. The van der Waals surface area contributed by atoms with Gasteiger partial charge in [0.2, 0.25) is 0 Å². The lowest BCUT2D eigenvalue weighted by atomic mass is 10.1. The first-order chi connectivity index (χ1) is 9.97. The minimum Gasteiger partial charge on any atom is -0.308 e. The Kier molecular flexibility index (Phi) is 4.83. The summed E-state index contributed by atoms with van der Waals surface area (Å²) < 4.78 is 0. The minimum absolute atomic E-state index is 0.0723. The molecule has 0 radical (unpaired) electrons. The van der Waals surface area contributed by atoms with Crippen LogP contribution in [0.5, 0.6) is 0 Å². The van der Waals surface area contributed by atoms with Gasteiger partial charge in [-0.05, 0) is 31.2 Å². The van der Waals surface area contributed by atoms with E-state index in [9.17, 15) is 9.59 Å². The van der Waals surface area contributed by atoms with Crippen LogP contribution in [0.2, 0.25) is 10.0 Å². The molecule has 0 aliphatic carbocycles. The van der Waals surface area contributed by atoms with E-state index in [-0.39, 0.29) is 10.8 Å². The molecule has 2 rings (SSSR count). The van der Waals surface area contributed by atoms with Gasteiger partial charge in [-0.15, -0.1) is 0 Å². The number of benzene rings is 2. The zero-order chi connectivity index (χ0) is 15.4. The molecule has 2 N–H and O–H groups in total. The molecule has 2 aromatic carbocycles. The third-order valence-electron chi connectivity index (χ3n) is 2.73. The summed E-state index contributed by atoms with van der Waals surface area (Å²) in [4.78, 5) is 23.2. The predicted octanol–water partition coefficient (Wildman–Crippen LogP) is 4.84. The smallest absolute Gasteiger partial charge is 0.308 e. The quantitative estimate of drug-likeness (QED) is 0.794. The molecule has 0 bridgehead atoms. The molecular formula is C15H12Cl2N2O2. The standard InChI is InChI=1S/C15H12Cl2N2O2/c1-9(20)10-4-2-5-11(8-10)18-15(21)19-13-7-3-6-12(16)14(13)17/h2-8H,1H3,(H2,18,19,21). The Bertz CT molecular complexity index is 702. The van der Waals surface area contributed by atoms with Gasteiger partial charge in [0.1, 0.15) is 0 Å². The van der Waals surface area contributed by atoms with Gasteiger partial charge in [0.25, 0.3) is 0 Å². The highest BCUT2D eigenvalue weighted by atomic mass is 35.5. The molecule has 4 nitrogen and oxygen atoms in total. The zero-order valence-corrected chi connectivity index (χ0v) is 12.6. The molecule has 0 saturated heterocycles. The summed E-state index contributed by atoms with van der Waals surface area (Å²) in [5.41, 5.74) is 1.44. The molecule has 2 aromatic rings. The molecule has 0 aliphatic rings. The number of hydrogen-bond acceptors (Lipinski definition) is 2. The number of carbonyl (C=O) groups excluding carboxylic acids is 2. The summed E-state index contributed by atoms with van der Waals surface area (Å²) in [6.45, 7) is 1.46. The maximum atomic E-state index is 11.9. The van der Waals surface area contributed by atoms with Crippen LogP contribution in [0, 0.1) is 0 Å². The van der Waals surface area contributed by atoms with Crippen LogP contribution < -0.4 is 10.6 Å². The van der Waals surface area contributed by atoms with E-state index in [1.807, 2.05) is 0 Å². The van der Waals surface area contributed by atoms with Crippen molar-refractivity contribution >= 4 is 46.4 Å². The minimum atomic E-state index is -0.472. The van der Waals surface area contributed by atoms with E-state index in [2.05, 4.69) is 10.6 Å². The first-order valence-corrected chi connectivity index (χ1v) is 6.86. The topological polar surface area (TPSA) is 58.2 Å². The average molecular weight is 323 g/mol.